The topological polar surface area (TPSA) is 90.3 Å². The summed E-state index contributed by atoms with van der Waals surface area (Å²) in [5.74, 6) is -0.820. The Hall–Kier alpha value is -2.16. The van der Waals surface area contributed by atoms with E-state index in [0.29, 0.717) is 25.7 Å². The number of rotatable bonds is 2. The fourth-order valence-electron chi connectivity index (χ4n) is 4.21. The largest absolute Gasteiger partial charge is 0.353 e. The molecule has 0 aromatic heterocycles. The van der Waals surface area contributed by atoms with Crippen molar-refractivity contribution < 1.29 is 14.4 Å². The highest BCUT2D eigenvalue weighted by atomic mass is 16.2. The molecule has 0 saturated carbocycles. The first-order valence-corrected chi connectivity index (χ1v) is 10.4. The first-order valence-electron chi connectivity index (χ1n) is 10.4. The predicted molar refractivity (Wildman–Crippen MR) is 107 cm³/mol. The summed E-state index contributed by atoms with van der Waals surface area (Å²) in [6.45, 7) is 5.93. The maximum absolute atomic E-state index is 13.0. The fraction of sp³-hybridized carbons (Fsp3) is 0.727. The van der Waals surface area contributed by atoms with Gasteiger partial charge in [0, 0.05) is 31.3 Å². The van der Waals surface area contributed by atoms with Gasteiger partial charge in [0.05, 0.1) is 18.0 Å². The molecule has 6 nitrogen and oxygen atoms in total. The third kappa shape index (κ3) is 5.67. The zero-order chi connectivity index (χ0) is 20.8. The second-order valence-electron chi connectivity index (χ2n) is 8.81. The van der Waals surface area contributed by atoms with Gasteiger partial charge >= 0.3 is 0 Å². The summed E-state index contributed by atoms with van der Waals surface area (Å²) in [5, 5.41) is 12.6. The number of nitrogens with zero attached hydrogens (tertiary/aromatic N) is 2. The van der Waals surface area contributed by atoms with Crippen LogP contribution in [0.3, 0.4) is 0 Å². The van der Waals surface area contributed by atoms with Gasteiger partial charge in [-0.15, -0.1) is 0 Å². The lowest BCUT2D eigenvalue weighted by Crippen LogP contribution is -2.45. The van der Waals surface area contributed by atoms with Crippen LogP contribution in [0.25, 0.3) is 0 Å². The summed E-state index contributed by atoms with van der Waals surface area (Å²) in [5.41, 5.74) is 0. The van der Waals surface area contributed by atoms with Gasteiger partial charge in [0.1, 0.15) is 0 Å². The van der Waals surface area contributed by atoms with Gasteiger partial charge in [0.15, 0.2) is 5.78 Å². The zero-order valence-electron chi connectivity index (χ0n) is 17.5. The van der Waals surface area contributed by atoms with Crippen LogP contribution in [0.15, 0.2) is 12.2 Å². The number of allylic oxidation sites excluding steroid dienone is 1. The minimum absolute atomic E-state index is 0.0161. The van der Waals surface area contributed by atoms with Crippen molar-refractivity contribution >= 4 is 17.6 Å². The molecule has 1 saturated heterocycles. The van der Waals surface area contributed by atoms with E-state index in [2.05, 4.69) is 11.4 Å². The zero-order valence-corrected chi connectivity index (χ0v) is 17.5. The minimum atomic E-state index is -0.523. The van der Waals surface area contributed by atoms with E-state index in [-0.39, 0.29) is 47.8 Å². The average molecular weight is 388 g/mol. The van der Waals surface area contributed by atoms with Gasteiger partial charge in [0.2, 0.25) is 11.8 Å². The first-order chi connectivity index (χ1) is 13.2. The number of Topliss-reactive ketones (excluding diaryl/α,β-unsaturated/α-hetero) is 1. The van der Waals surface area contributed by atoms with Gasteiger partial charge in [0.25, 0.3) is 0 Å². The van der Waals surface area contributed by atoms with Gasteiger partial charge in [-0.3, -0.25) is 14.4 Å². The molecule has 1 N–H and O–H groups in total. The molecule has 1 fully saturated rings. The molecule has 2 aliphatic heterocycles. The number of amides is 2. The first kappa shape index (κ1) is 22.1. The molecule has 2 bridgehead atoms. The highest BCUT2D eigenvalue weighted by Crippen LogP contribution is 2.28. The molecule has 2 aliphatic rings. The summed E-state index contributed by atoms with van der Waals surface area (Å²) in [6.07, 6.45) is 7.11. The molecule has 2 amide bonds. The van der Waals surface area contributed by atoms with Crippen LogP contribution >= 0.6 is 0 Å². The Labute approximate surface area is 168 Å². The van der Waals surface area contributed by atoms with E-state index in [0.717, 1.165) is 6.42 Å². The second-order valence-corrected chi connectivity index (χ2v) is 8.81. The van der Waals surface area contributed by atoms with E-state index in [1.54, 1.807) is 11.9 Å². The SMILES string of the molecule is CC(C)C[C@H]1C(=O)C[C@H](C#N)C[C@@H]2C[C@@H](C/C=C/C[C@H](C)C(=O)N1C)NC2=O. The number of hydrogen-bond acceptors (Lipinski definition) is 4. The van der Waals surface area contributed by atoms with E-state index >= 15 is 0 Å². The number of nitriles is 1. The third-order valence-electron chi connectivity index (χ3n) is 5.87. The highest BCUT2D eigenvalue weighted by molar-refractivity contribution is 5.90. The molecule has 0 radical (unpaired) electrons. The lowest BCUT2D eigenvalue weighted by atomic mass is 9.86. The van der Waals surface area contributed by atoms with Crippen LogP contribution in [-0.4, -0.2) is 41.6 Å². The van der Waals surface area contributed by atoms with E-state index in [9.17, 15) is 19.6 Å². The lowest BCUT2D eigenvalue weighted by molar-refractivity contribution is -0.141. The number of fused-ring (bicyclic) bond motifs is 2. The quantitative estimate of drug-likeness (QED) is 0.738. The van der Waals surface area contributed by atoms with Gasteiger partial charge in [-0.25, -0.2) is 0 Å². The van der Waals surface area contributed by atoms with Gasteiger partial charge in [-0.1, -0.05) is 32.9 Å². The Morgan fingerprint density at radius 1 is 1.21 bits per heavy atom. The molecule has 6 heteroatoms. The molecular formula is C22H33N3O3. The van der Waals surface area contributed by atoms with Crippen LogP contribution in [-0.2, 0) is 14.4 Å². The standard InChI is InChI=1S/C22H33N3O3/c1-14(2)9-19-20(26)11-16(13-23)10-17-12-18(24-21(17)27)8-6-5-7-15(3)22(28)25(19)4/h5-6,14-19H,7-12H2,1-4H3,(H,24,27)/b6-5+/t15-,16+,17+,18+,19-/m0/s1. The Morgan fingerprint density at radius 3 is 2.54 bits per heavy atom. The summed E-state index contributed by atoms with van der Waals surface area (Å²) >= 11 is 0. The Balaban J connectivity index is 2.28. The second kappa shape index (κ2) is 9.86. The summed E-state index contributed by atoms with van der Waals surface area (Å²) in [4.78, 5) is 39.7. The molecule has 0 spiro atoms. The molecular weight excluding hydrogens is 354 g/mol. The number of nitrogens with one attached hydrogen (secondary N) is 1. The van der Waals surface area contributed by atoms with Crippen LogP contribution in [0, 0.1) is 35.0 Å². The summed E-state index contributed by atoms with van der Waals surface area (Å²) in [7, 11) is 1.70. The van der Waals surface area contributed by atoms with Gasteiger partial charge in [-0.05, 0) is 38.0 Å². The van der Waals surface area contributed by atoms with Crippen LogP contribution in [0.4, 0.5) is 0 Å². The van der Waals surface area contributed by atoms with Crippen LogP contribution in [0.2, 0.25) is 0 Å². The molecule has 28 heavy (non-hydrogen) atoms. The van der Waals surface area contributed by atoms with Crippen molar-refractivity contribution in [1.82, 2.24) is 10.2 Å². The number of hydrogen-bond donors (Lipinski definition) is 1. The van der Waals surface area contributed by atoms with Crippen LogP contribution < -0.4 is 5.32 Å². The lowest BCUT2D eigenvalue weighted by Gasteiger charge is -2.31. The molecule has 2 heterocycles. The molecule has 154 valence electrons. The summed E-state index contributed by atoms with van der Waals surface area (Å²) in [6, 6.07) is 1.76. The number of likely N-dealkylation sites (N-methyl/N-ethyl adjacent to an activating group) is 1. The smallest absolute Gasteiger partial charge is 0.226 e. The van der Waals surface area contributed by atoms with Gasteiger partial charge < -0.3 is 10.2 Å². The van der Waals surface area contributed by atoms with E-state index in [1.807, 2.05) is 32.9 Å². The van der Waals surface area contributed by atoms with Crippen LogP contribution in [0.1, 0.15) is 59.3 Å². The van der Waals surface area contributed by atoms with Crippen molar-refractivity contribution in [3.8, 4) is 6.07 Å². The van der Waals surface area contributed by atoms with Crippen molar-refractivity contribution in [3.63, 3.8) is 0 Å². The highest BCUT2D eigenvalue weighted by Gasteiger charge is 2.36. The molecule has 5 atom stereocenters. The Kier molecular flexibility index (Phi) is 7.79. The fourth-order valence-corrected chi connectivity index (χ4v) is 4.21. The normalized spacial score (nSPS) is 33.8. The van der Waals surface area contributed by atoms with Crippen LogP contribution in [0.5, 0.6) is 0 Å². The van der Waals surface area contributed by atoms with E-state index in [4.69, 9.17) is 0 Å². The molecule has 2 rings (SSSR count). The molecule has 0 aromatic rings. The number of carbonyl (C=O) groups is 3. The minimum Gasteiger partial charge on any atom is -0.353 e. The Bertz CT molecular complexity index is 664. The number of carbonyl (C=O) groups excluding carboxylic acids is 3. The molecule has 0 unspecified atom stereocenters. The van der Waals surface area contributed by atoms with Crippen molar-refractivity contribution in [2.75, 3.05) is 7.05 Å². The average Bonchev–Trinajstić information content (AvgIpc) is 2.99. The van der Waals surface area contributed by atoms with Crippen molar-refractivity contribution in [2.24, 2.45) is 23.7 Å². The molecule has 0 aromatic carbocycles. The van der Waals surface area contributed by atoms with Crippen molar-refractivity contribution in [3.05, 3.63) is 12.2 Å². The predicted octanol–water partition coefficient (Wildman–Crippen LogP) is 2.84. The number of ketones is 1. The Morgan fingerprint density at radius 2 is 1.89 bits per heavy atom. The van der Waals surface area contributed by atoms with E-state index in [1.165, 1.54) is 0 Å². The van der Waals surface area contributed by atoms with E-state index < -0.39 is 12.0 Å². The van der Waals surface area contributed by atoms with Crippen molar-refractivity contribution in [2.45, 2.75) is 71.4 Å². The molecule has 0 aliphatic carbocycles. The van der Waals surface area contributed by atoms with Gasteiger partial charge in [-0.2, -0.15) is 5.26 Å². The maximum Gasteiger partial charge on any atom is 0.226 e. The third-order valence-corrected chi connectivity index (χ3v) is 5.87. The maximum atomic E-state index is 13.0. The monoisotopic (exact) mass is 387 g/mol. The summed E-state index contributed by atoms with van der Waals surface area (Å²) < 4.78 is 0. The van der Waals surface area contributed by atoms with Crippen molar-refractivity contribution in [1.29, 1.82) is 5.26 Å².